The molecule has 0 unspecified atom stereocenters. The van der Waals surface area contributed by atoms with E-state index in [0.29, 0.717) is 10.7 Å². The molecule has 1 amide bonds. The third-order valence-corrected chi connectivity index (χ3v) is 2.98. The number of hydrogen-bond acceptors (Lipinski definition) is 3. The summed E-state index contributed by atoms with van der Waals surface area (Å²) in [6.45, 7) is 0. The molecule has 1 N–H and O–H groups in total. The minimum absolute atomic E-state index is 0.335. The summed E-state index contributed by atoms with van der Waals surface area (Å²) in [5.74, 6) is -1.51. The number of aliphatic carboxylic acids is 1. The van der Waals surface area contributed by atoms with Crippen LogP contribution in [-0.4, -0.2) is 36.2 Å². The van der Waals surface area contributed by atoms with Gasteiger partial charge in [0.25, 0.3) is 5.91 Å². The van der Waals surface area contributed by atoms with E-state index in [9.17, 15) is 9.59 Å². The van der Waals surface area contributed by atoms with Crippen molar-refractivity contribution in [1.82, 2.24) is 0 Å². The second-order valence-electron chi connectivity index (χ2n) is 3.60. The lowest BCUT2D eigenvalue weighted by molar-refractivity contribution is -0.155. The third-order valence-electron chi connectivity index (χ3n) is 2.66. The number of benzene rings is 1. The molecule has 0 aliphatic carbocycles. The number of carboxylic acids is 1. The summed E-state index contributed by atoms with van der Waals surface area (Å²) in [5.41, 5.74) is 0.389. The van der Waals surface area contributed by atoms with E-state index in [2.05, 4.69) is 0 Å². The van der Waals surface area contributed by atoms with Gasteiger partial charge in [-0.2, -0.15) is 0 Å². The first-order chi connectivity index (χ1) is 8.07. The molecular weight excluding hydrogens is 246 g/mol. The van der Waals surface area contributed by atoms with Gasteiger partial charge in [0.2, 0.25) is 0 Å². The van der Waals surface area contributed by atoms with E-state index in [1.165, 1.54) is 7.11 Å². The van der Waals surface area contributed by atoms with E-state index in [0.717, 1.165) is 4.90 Å². The summed E-state index contributed by atoms with van der Waals surface area (Å²) in [6.07, 6.45) is -0.941. The molecule has 1 aliphatic rings. The van der Waals surface area contributed by atoms with Crippen molar-refractivity contribution < 1.29 is 19.4 Å². The molecule has 17 heavy (non-hydrogen) atoms. The number of hydrogen-bond donors (Lipinski definition) is 1. The lowest BCUT2D eigenvalue weighted by Crippen LogP contribution is -2.69. The number of halogens is 1. The summed E-state index contributed by atoms with van der Waals surface area (Å²) < 4.78 is 4.85. The highest BCUT2D eigenvalue weighted by Gasteiger charge is 2.53. The number of carbonyl (C=O) groups is 2. The van der Waals surface area contributed by atoms with Gasteiger partial charge in [-0.3, -0.25) is 9.69 Å². The van der Waals surface area contributed by atoms with E-state index < -0.39 is 24.0 Å². The molecule has 0 saturated carbocycles. The molecule has 2 atom stereocenters. The molecule has 1 aliphatic heterocycles. The molecule has 0 radical (unpaired) electrons. The molecule has 2 rings (SSSR count). The molecular formula is C11H10ClNO4. The van der Waals surface area contributed by atoms with Crippen molar-refractivity contribution >= 4 is 29.2 Å². The van der Waals surface area contributed by atoms with Crippen LogP contribution < -0.4 is 4.90 Å². The normalized spacial score (nSPS) is 23.4. The zero-order chi connectivity index (χ0) is 12.6. The monoisotopic (exact) mass is 255 g/mol. The molecule has 0 aromatic heterocycles. The first-order valence-corrected chi connectivity index (χ1v) is 5.29. The molecule has 1 aromatic carbocycles. The summed E-state index contributed by atoms with van der Waals surface area (Å²) in [4.78, 5) is 24.0. The van der Waals surface area contributed by atoms with Gasteiger partial charge in [0, 0.05) is 7.11 Å². The van der Waals surface area contributed by atoms with Crippen LogP contribution in [-0.2, 0) is 14.3 Å². The maximum atomic E-state index is 11.7. The fourth-order valence-corrected chi connectivity index (χ4v) is 2.07. The average Bonchev–Trinajstić information content (AvgIpc) is 2.28. The predicted octanol–water partition coefficient (Wildman–Crippen LogP) is 1.15. The highest BCUT2D eigenvalue weighted by atomic mass is 35.5. The van der Waals surface area contributed by atoms with Gasteiger partial charge < -0.3 is 9.84 Å². The van der Waals surface area contributed by atoms with Gasteiger partial charge in [0.15, 0.2) is 12.1 Å². The topological polar surface area (TPSA) is 66.8 Å². The highest BCUT2D eigenvalue weighted by Crippen LogP contribution is 2.34. The van der Waals surface area contributed by atoms with Gasteiger partial charge in [0.1, 0.15) is 0 Å². The number of ether oxygens (including phenoxy) is 1. The molecule has 90 valence electrons. The van der Waals surface area contributed by atoms with Gasteiger partial charge in [-0.25, -0.2) is 4.79 Å². The highest BCUT2D eigenvalue weighted by molar-refractivity contribution is 6.34. The molecule has 0 spiro atoms. The van der Waals surface area contributed by atoms with Crippen LogP contribution in [0.3, 0.4) is 0 Å². The number of carbonyl (C=O) groups excluding carboxylic acids is 1. The van der Waals surface area contributed by atoms with Crippen LogP contribution in [0.2, 0.25) is 5.02 Å². The van der Waals surface area contributed by atoms with E-state index in [1.807, 2.05) is 0 Å². The second kappa shape index (κ2) is 4.35. The van der Waals surface area contributed by atoms with Crippen LogP contribution in [0.4, 0.5) is 5.69 Å². The number of β-lactam (4-membered cyclic amide) rings is 1. The van der Waals surface area contributed by atoms with Crippen molar-refractivity contribution in [3.05, 3.63) is 29.3 Å². The number of rotatable bonds is 3. The number of para-hydroxylation sites is 1. The first kappa shape index (κ1) is 11.9. The second-order valence-corrected chi connectivity index (χ2v) is 4.01. The lowest BCUT2D eigenvalue weighted by Gasteiger charge is -2.43. The molecule has 0 bridgehead atoms. The van der Waals surface area contributed by atoms with Gasteiger partial charge in [-0.15, -0.1) is 0 Å². The number of nitrogens with zero attached hydrogens (tertiary/aromatic N) is 1. The molecule has 1 aromatic rings. The maximum absolute atomic E-state index is 11.7. The van der Waals surface area contributed by atoms with Crippen molar-refractivity contribution in [2.24, 2.45) is 0 Å². The van der Waals surface area contributed by atoms with Crippen LogP contribution in [0.25, 0.3) is 0 Å². The molecule has 1 heterocycles. The van der Waals surface area contributed by atoms with Crippen LogP contribution in [0.15, 0.2) is 24.3 Å². The van der Waals surface area contributed by atoms with Crippen LogP contribution in [0.1, 0.15) is 0 Å². The lowest BCUT2D eigenvalue weighted by atomic mass is 9.96. The van der Waals surface area contributed by atoms with E-state index in [-0.39, 0.29) is 0 Å². The van der Waals surface area contributed by atoms with E-state index >= 15 is 0 Å². The SMILES string of the molecule is CO[C@H]1C(=O)N(c2ccccc2Cl)[C@H]1C(=O)O. The minimum Gasteiger partial charge on any atom is -0.480 e. The van der Waals surface area contributed by atoms with E-state index in [4.69, 9.17) is 21.4 Å². The Morgan fingerprint density at radius 2 is 2.12 bits per heavy atom. The first-order valence-electron chi connectivity index (χ1n) is 4.91. The van der Waals surface area contributed by atoms with Gasteiger partial charge >= 0.3 is 5.97 Å². The fraction of sp³-hybridized carbons (Fsp3) is 0.273. The summed E-state index contributed by atoms with van der Waals surface area (Å²) >= 11 is 5.93. The Balaban J connectivity index is 2.36. The largest absolute Gasteiger partial charge is 0.480 e. The quantitative estimate of drug-likeness (QED) is 0.823. The Hall–Kier alpha value is -1.59. The standard InChI is InChI=1S/C11H10ClNO4/c1-17-9-8(11(15)16)13(10(9)14)7-5-3-2-4-6(7)12/h2-5,8-9H,1H3,(H,15,16)/t8-,9-/m1/s1. The van der Waals surface area contributed by atoms with Crippen molar-refractivity contribution in [1.29, 1.82) is 0 Å². The molecule has 6 heteroatoms. The smallest absolute Gasteiger partial charge is 0.330 e. The van der Waals surface area contributed by atoms with Gasteiger partial charge in [-0.05, 0) is 12.1 Å². The zero-order valence-corrected chi connectivity index (χ0v) is 9.72. The Bertz CT molecular complexity index is 476. The number of anilines is 1. The van der Waals surface area contributed by atoms with Crippen molar-refractivity contribution in [2.45, 2.75) is 12.1 Å². The predicted molar refractivity (Wildman–Crippen MR) is 61.2 cm³/mol. The van der Waals surface area contributed by atoms with Crippen molar-refractivity contribution in [2.75, 3.05) is 12.0 Å². The summed E-state index contributed by atoms with van der Waals surface area (Å²) in [6, 6.07) is 5.57. The van der Waals surface area contributed by atoms with Crippen molar-refractivity contribution in [3.8, 4) is 0 Å². The number of methoxy groups -OCH3 is 1. The van der Waals surface area contributed by atoms with Gasteiger partial charge in [-0.1, -0.05) is 23.7 Å². The Morgan fingerprint density at radius 3 is 2.65 bits per heavy atom. The zero-order valence-electron chi connectivity index (χ0n) is 8.96. The molecule has 1 saturated heterocycles. The fourth-order valence-electron chi connectivity index (χ4n) is 1.85. The third kappa shape index (κ3) is 1.77. The Morgan fingerprint density at radius 1 is 1.47 bits per heavy atom. The summed E-state index contributed by atoms with van der Waals surface area (Å²) in [5, 5.41) is 9.39. The van der Waals surface area contributed by atoms with E-state index in [1.54, 1.807) is 24.3 Å². The Kier molecular flexibility index (Phi) is 3.04. The summed E-state index contributed by atoms with van der Waals surface area (Å²) in [7, 11) is 1.31. The minimum atomic E-state index is -1.11. The Labute approximate surface area is 103 Å². The van der Waals surface area contributed by atoms with Gasteiger partial charge in [0.05, 0.1) is 10.7 Å². The molecule has 5 nitrogen and oxygen atoms in total. The average molecular weight is 256 g/mol. The maximum Gasteiger partial charge on any atom is 0.330 e. The van der Waals surface area contributed by atoms with Crippen molar-refractivity contribution in [3.63, 3.8) is 0 Å². The molecule has 1 fully saturated rings. The van der Waals surface area contributed by atoms with Crippen LogP contribution >= 0.6 is 11.6 Å². The number of amides is 1. The van der Waals surface area contributed by atoms with Crippen LogP contribution in [0.5, 0.6) is 0 Å². The van der Waals surface area contributed by atoms with Crippen LogP contribution in [0, 0.1) is 0 Å². The number of carboxylic acid groups (broad SMARTS) is 1.